The van der Waals surface area contributed by atoms with Gasteiger partial charge in [0.05, 0.1) is 0 Å². The standard InChI is InChI=1S/C8H14O/c1-4-7(2)5-6-8(3)9/h5H,4,6H2,1-3H3. The second-order valence-electron chi connectivity index (χ2n) is 2.31. The lowest BCUT2D eigenvalue weighted by Crippen LogP contribution is -1.85. The van der Waals surface area contributed by atoms with Crippen molar-refractivity contribution in [1.82, 2.24) is 0 Å². The Labute approximate surface area is 56.8 Å². The molecule has 0 aromatic rings. The Morgan fingerprint density at radius 2 is 2.00 bits per heavy atom. The molecule has 0 aromatic heterocycles. The molecule has 0 atom stereocenters. The second-order valence-corrected chi connectivity index (χ2v) is 2.31. The highest BCUT2D eigenvalue weighted by atomic mass is 16.1. The van der Waals surface area contributed by atoms with Crippen molar-refractivity contribution in [2.24, 2.45) is 0 Å². The summed E-state index contributed by atoms with van der Waals surface area (Å²) in [5.41, 5.74) is 1.30. The molecule has 0 heterocycles. The summed E-state index contributed by atoms with van der Waals surface area (Å²) in [7, 11) is 0. The number of hydrogen-bond acceptors (Lipinski definition) is 1. The molecule has 0 aliphatic heterocycles. The fourth-order valence-electron chi connectivity index (χ4n) is 0.462. The Bertz CT molecular complexity index is 123. The van der Waals surface area contributed by atoms with E-state index in [0.29, 0.717) is 6.42 Å². The first-order valence-electron chi connectivity index (χ1n) is 3.32. The highest BCUT2D eigenvalue weighted by Crippen LogP contribution is 1.99. The summed E-state index contributed by atoms with van der Waals surface area (Å²) >= 11 is 0. The lowest BCUT2D eigenvalue weighted by molar-refractivity contribution is -0.116. The van der Waals surface area contributed by atoms with Crippen LogP contribution in [-0.4, -0.2) is 5.78 Å². The third-order valence-corrected chi connectivity index (χ3v) is 1.30. The van der Waals surface area contributed by atoms with E-state index in [9.17, 15) is 4.79 Å². The van der Waals surface area contributed by atoms with E-state index in [2.05, 4.69) is 6.92 Å². The third-order valence-electron chi connectivity index (χ3n) is 1.30. The molecule has 1 heteroatoms. The predicted molar refractivity (Wildman–Crippen MR) is 39.3 cm³/mol. The van der Waals surface area contributed by atoms with E-state index in [1.54, 1.807) is 6.92 Å². The van der Waals surface area contributed by atoms with E-state index < -0.39 is 0 Å². The van der Waals surface area contributed by atoms with Crippen molar-refractivity contribution in [3.05, 3.63) is 11.6 Å². The predicted octanol–water partition coefficient (Wildman–Crippen LogP) is 2.32. The van der Waals surface area contributed by atoms with Crippen molar-refractivity contribution < 1.29 is 4.79 Å². The lowest BCUT2D eigenvalue weighted by atomic mass is 10.2. The Balaban J connectivity index is 3.56. The van der Waals surface area contributed by atoms with Gasteiger partial charge >= 0.3 is 0 Å². The van der Waals surface area contributed by atoms with Crippen LogP contribution in [0.4, 0.5) is 0 Å². The molecule has 0 saturated carbocycles. The molecular weight excluding hydrogens is 112 g/mol. The van der Waals surface area contributed by atoms with Gasteiger partial charge in [0.25, 0.3) is 0 Å². The van der Waals surface area contributed by atoms with Gasteiger partial charge in [-0.1, -0.05) is 18.6 Å². The molecule has 0 unspecified atom stereocenters. The summed E-state index contributed by atoms with van der Waals surface area (Å²) in [6.07, 6.45) is 3.63. The van der Waals surface area contributed by atoms with Crippen LogP contribution in [0.25, 0.3) is 0 Å². The summed E-state index contributed by atoms with van der Waals surface area (Å²) in [4.78, 5) is 10.4. The molecule has 0 radical (unpaired) electrons. The minimum atomic E-state index is 0.239. The molecule has 0 N–H and O–H groups in total. The molecule has 0 fully saturated rings. The van der Waals surface area contributed by atoms with Gasteiger partial charge in [-0.15, -0.1) is 0 Å². The van der Waals surface area contributed by atoms with Crippen LogP contribution in [0, 0.1) is 0 Å². The van der Waals surface area contributed by atoms with Gasteiger partial charge in [-0.05, 0) is 20.3 Å². The smallest absolute Gasteiger partial charge is 0.133 e. The van der Waals surface area contributed by atoms with E-state index in [-0.39, 0.29) is 5.78 Å². The van der Waals surface area contributed by atoms with E-state index in [1.807, 2.05) is 13.0 Å². The molecule has 0 spiro atoms. The van der Waals surface area contributed by atoms with Gasteiger partial charge in [-0.2, -0.15) is 0 Å². The van der Waals surface area contributed by atoms with Crippen LogP contribution in [0.5, 0.6) is 0 Å². The maximum atomic E-state index is 10.4. The highest BCUT2D eigenvalue weighted by Gasteiger charge is 1.87. The number of ketones is 1. The lowest BCUT2D eigenvalue weighted by Gasteiger charge is -1.91. The van der Waals surface area contributed by atoms with E-state index in [1.165, 1.54) is 5.57 Å². The molecule has 0 aromatic carbocycles. The van der Waals surface area contributed by atoms with Crippen LogP contribution in [-0.2, 0) is 4.79 Å². The van der Waals surface area contributed by atoms with Crippen LogP contribution in [0.3, 0.4) is 0 Å². The van der Waals surface area contributed by atoms with Crippen LogP contribution in [0.15, 0.2) is 11.6 Å². The van der Waals surface area contributed by atoms with Gasteiger partial charge in [0, 0.05) is 6.42 Å². The summed E-state index contributed by atoms with van der Waals surface area (Å²) in [5, 5.41) is 0. The number of hydrogen-bond donors (Lipinski definition) is 0. The number of carbonyl (C=O) groups is 1. The summed E-state index contributed by atoms with van der Waals surface area (Å²) in [6, 6.07) is 0. The molecule has 0 aliphatic rings. The number of rotatable bonds is 3. The normalized spacial score (nSPS) is 11.7. The Hall–Kier alpha value is -0.590. The first-order chi connectivity index (χ1) is 4.16. The van der Waals surface area contributed by atoms with E-state index in [4.69, 9.17) is 0 Å². The number of Topliss-reactive ketones (excluding diaryl/α,β-unsaturated/α-hetero) is 1. The van der Waals surface area contributed by atoms with Crippen molar-refractivity contribution in [2.45, 2.75) is 33.6 Å². The van der Waals surface area contributed by atoms with Crippen LogP contribution >= 0.6 is 0 Å². The molecule has 9 heavy (non-hydrogen) atoms. The van der Waals surface area contributed by atoms with Crippen molar-refractivity contribution in [3.8, 4) is 0 Å². The summed E-state index contributed by atoms with van der Waals surface area (Å²) in [5.74, 6) is 0.239. The fourth-order valence-corrected chi connectivity index (χ4v) is 0.462. The quantitative estimate of drug-likeness (QED) is 0.530. The number of carbonyl (C=O) groups excluding carboxylic acids is 1. The molecule has 0 bridgehead atoms. The monoisotopic (exact) mass is 126 g/mol. The average Bonchev–Trinajstić information content (AvgIpc) is 1.83. The molecule has 0 saturated heterocycles. The van der Waals surface area contributed by atoms with E-state index in [0.717, 1.165) is 6.42 Å². The zero-order valence-corrected chi connectivity index (χ0v) is 6.40. The summed E-state index contributed by atoms with van der Waals surface area (Å²) < 4.78 is 0. The second kappa shape index (κ2) is 4.30. The molecule has 1 nitrogen and oxygen atoms in total. The first kappa shape index (κ1) is 8.41. The molecule has 0 amide bonds. The van der Waals surface area contributed by atoms with Crippen molar-refractivity contribution in [1.29, 1.82) is 0 Å². The molecule has 0 rings (SSSR count). The van der Waals surface area contributed by atoms with E-state index >= 15 is 0 Å². The van der Waals surface area contributed by atoms with Gasteiger partial charge in [-0.25, -0.2) is 0 Å². The van der Waals surface area contributed by atoms with Gasteiger partial charge in [-0.3, -0.25) is 4.79 Å². The van der Waals surface area contributed by atoms with Crippen molar-refractivity contribution in [3.63, 3.8) is 0 Å². The Morgan fingerprint density at radius 3 is 2.33 bits per heavy atom. The minimum Gasteiger partial charge on any atom is -0.300 e. The zero-order chi connectivity index (χ0) is 7.28. The van der Waals surface area contributed by atoms with Gasteiger partial charge < -0.3 is 0 Å². The maximum Gasteiger partial charge on any atom is 0.133 e. The first-order valence-corrected chi connectivity index (χ1v) is 3.32. The molecule has 52 valence electrons. The van der Waals surface area contributed by atoms with Gasteiger partial charge in [0.15, 0.2) is 0 Å². The molecule has 0 aliphatic carbocycles. The van der Waals surface area contributed by atoms with Crippen LogP contribution < -0.4 is 0 Å². The van der Waals surface area contributed by atoms with Crippen molar-refractivity contribution >= 4 is 5.78 Å². The topological polar surface area (TPSA) is 17.1 Å². The molecular formula is C8H14O. The minimum absolute atomic E-state index is 0.239. The Kier molecular flexibility index (Phi) is 4.02. The maximum absolute atomic E-state index is 10.4. The number of allylic oxidation sites excluding steroid dienone is 2. The largest absolute Gasteiger partial charge is 0.300 e. The fraction of sp³-hybridized carbons (Fsp3) is 0.625. The SMILES string of the molecule is CCC(C)=CCC(C)=O. The highest BCUT2D eigenvalue weighted by molar-refractivity contribution is 5.77. The third kappa shape index (κ3) is 5.28. The van der Waals surface area contributed by atoms with Crippen LogP contribution in [0.2, 0.25) is 0 Å². The van der Waals surface area contributed by atoms with Gasteiger partial charge in [0.2, 0.25) is 0 Å². The van der Waals surface area contributed by atoms with Crippen LogP contribution in [0.1, 0.15) is 33.6 Å². The average molecular weight is 126 g/mol. The summed E-state index contributed by atoms with van der Waals surface area (Å²) in [6.45, 7) is 5.74. The van der Waals surface area contributed by atoms with Gasteiger partial charge in [0.1, 0.15) is 5.78 Å². The zero-order valence-electron chi connectivity index (χ0n) is 6.40. The van der Waals surface area contributed by atoms with Crippen molar-refractivity contribution in [2.75, 3.05) is 0 Å². The Morgan fingerprint density at radius 1 is 1.44 bits per heavy atom.